The number of hydrogen-bond acceptors (Lipinski definition) is 4. The average molecular weight is 410 g/mol. The van der Waals surface area contributed by atoms with Crippen LogP contribution in [0.25, 0.3) is 0 Å². The van der Waals surface area contributed by atoms with Crippen LogP contribution >= 0.6 is 12.4 Å². The first-order chi connectivity index (χ1) is 13.0. The lowest BCUT2D eigenvalue weighted by Gasteiger charge is -2.42. The van der Waals surface area contributed by atoms with Gasteiger partial charge in [0.1, 0.15) is 5.75 Å². The maximum absolute atomic E-state index is 13.3. The largest absolute Gasteiger partial charge is 0.497 e. The molecule has 7 heteroatoms. The molecule has 0 saturated carbocycles. The molecule has 1 aromatic rings. The van der Waals surface area contributed by atoms with E-state index < -0.39 is 0 Å². The topological polar surface area (TPSA) is 61.9 Å². The molecule has 3 rings (SSSR count). The van der Waals surface area contributed by atoms with Gasteiger partial charge in [0.15, 0.2) is 0 Å². The molecule has 28 heavy (non-hydrogen) atoms. The second-order valence-electron chi connectivity index (χ2n) is 7.69. The van der Waals surface area contributed by atoms with Gasteiger partial charge < -0.3 is 19.9 Å². The van der Waals surface area contributed by atoms with Gasteiger partial charge in [0.2, 0.25) is 11.8 Å². The second-order valence-corrected chi connectivity index (χ2v) is 7.69. The molecule has 2 aliphatic rings. The molecule has 156 valence electrons. The number of likely N-dealkylation sites (tertiary alicyclic amines) is 2. The lowest BCUT2D eigenvalue weighted by molar-refractivity contribution is -0.147. The van der Waals surface area contributed by atoms with E-state index >= 15 is 0 Å². The number of nitrogens with zero attached hydrogens (tertiary/aromatic N) is 2. The van der Waals surface area contributed by atoms with E-state index in [1.165, 1.54) is 0 Å². The SMILES string of the molecule is CNCC1CCN(C(=O)C2CCC(=O)N(C)C2c2ccc(OC)cc2)CC1.Cl. The number of piperidine rings is 2. The molecule has 2 atom stereocenters. The Hall–Kier alpha value is -1.79. The monoisotopic (exact) mass is 409 g/mol. The maximum atomic E-state index is 13.3. The van der Waals surface area contributed by atoms with Gasteiger partial charge >= 0.3 is 0 Å². The summed E-state index contributed by atoms with van der Waals surface area (Å²) in [5.74, 6) is 1.54. The summed E-state index contributed by atoms with van der Waals surface area (Å²) in [7, 11) is 5.43. The van der Waals surface area contributed by atoms with Crippen molar-refractivity contribution in [2.24, 2.45) is 11.8 Å². The van der Waals surface area contributed by atoms with Crippen LogP contribution < -0.4 is 10.1 Å². The summed E-state index contributed by atoms with van der Waals surface area (Å²) < 4.78 is 5.24. The Labute approximate surface area is 174 Å². The highest BCUT2D eigenvalue weighted by molar-refractivity contribution is 5.85. The van der Waals surface area contributed by atoms with Gasteiger partial charge in [-0.05, 0) is 56.5 Å². The number of carbonyl (C=O) groups excluding carboxylic acids is 2. The van der Waals surface area contributed by atoms with E-state index in [-0.39, 0.29) is 36.2 Å². The molecule has 2 unspecified atom stereocenters. The van der Waals surface area contributed by atoms with Gasteiger partial charge in [0, 0.05) is 26.6 Å². The number of hydrogen-bond donors (Lipinski definition) is 1. The first kappa shape index (κ1) is 22.5. The lowest BCUT2D eigenvalue weighted by Crippen LogP contribution is -2.49. The molecular formula is C21H32ClN3O3. The number of carbonyl (C=O) groups is 2. The molecule has 2 aliphatic heterocycles. The Balaban J connectivity index is 0.00000280. The van der Waals surface area contributed by atoms with E-state index in [9.17, 15) is 9.59 Å². The number of ether oxygens (including phenoxy) is 1. The standard InChI is InChI=1S/C21H31N3O3.ClH/c1-22-14-15-10-12-24(13-11-15)21(26)18-8-9-19(25)23(2)20(18)16-4-6-17(27-3)7-5-16;/h4-7,15,18,20,22H,8-14H2,1-3H3;1H. The van der Waals surface area contributed by atoms with E-state index in [1.54, 1.807) is 12.0 Å². The smallest absolute Gasteiger partial charge is 0.228 e. The Bertz CT molecular complexity index is 659. The van der Waals surface area contributed by atoms with Crippen LogP contribution in [0.3, 0.4) is 0 Å². The van der Waals surface area contributed by atoms with Gasteiger partial charge in [-0.2, -0.15) is 0 Å². The molecule has 6 nitrogen and oxygen atoms in total. The number of nitrogens with one attached hydrogen (secondary N) is 1. The van der Waals surface area contributed by atoms with Crippen LogP contribution in [0.1, 0.15) is 37.3 Å². The summed E-state index contributed by atoms with van der Waals surface area (Å²) in [4.78, 5) is 29.4. The highest BCUT2D eigenvalue weighted by Gasteiger charge is 2.41. The fourth-order valence-electron chi connectivity index (χ4n) is 4.43. The fourth-order valence-corrected chi connectivity index (χ4v) is 4.43. The van der Waals surface area contributed by atoms with Crippen LogP contribution in [0.4, 0.5) is 0 Å². The molecule has 1 aromatic carbocycles. The minimum absolute atomic E-state index is 0. The summed E-state index contributed by atoms with van der Waals surface area (Å²) in [6.45, 7) is 2.64. The van der Waals surface area contributed by atoms with Crippen LogP contribution in [0, 0.1) is 11.8 Å². The van der Waals surface area contributed by atoms with Crippen LogP contribution in [-0.4, -0.2) is 62.5 Å². The fraction of sp³-hybridized carbons (Fsp3) is 0.619. The summed E-state index contributed by atoms with van der Waals surface area (Å²) in [6.07, 6.45) is 3.15. The number of methoxy groups -OCH3 is 1. The molecule has 0 aromatic heterocycles. The molecule has 1 N–H and O–H groups in total. The zero-order chi connectivity index (χ0) is 19.4. The molecule has 0 bridgehead atoms. The normalized spacial score (nSPS) is 23.3. The van der Waals surface area contributed by atoms with Gasteiger partial charge in [-0.3, -0.25) is 9.59 Å². The number of halogens is 1. The van der Waals surface area contributed by atoms with Crippen molar-refractivity contribution in [2.45, 2.75) is 31.7 Å². The van der Waals surface area contributed by atoms with Crippen LogP contribution in [0.15, 0.2) is 24.3 Å². The summed E-state index contributed by atoms with van der Waals surface area (Å²) >= 11 is 0. The quantitative estimate of drug-likeness (QED) is 0.811. The first-order valence-electron chi connectivity index (χ1n) is 9.88. The predicted octanol–water partition coefficient (Wildman–Crippen LogP) is 2.48. The van der Waals surface area contributed by atoms with Crippen molar-refractivity contribution >= 4 is 24.2 Å². The maximum Gasteiger partial charge on any atom is 0.228 e. The van der Waals surface area contributed by atoms with Crippen molar-refractivity contribution in [3.8, 4) is 5.75 Å². The Morgan fingerprint density at radius 2 is 1.82 bits per heavy atom. The highest BCUT2D eigenvalue weighted by Crippen LogP contribution is 2.38. The van der Waals surface area contributed by atoms with Crippen molar-refractivity contribution in [1.29, 1.82) is 0 Å². The molecular weight excluding hydrogens is 378 g/mol. The molecule has 2 fully saturated rings. The van der Waals surface area contributed by atoms with Gasteiger partial charge in [-0.25, -0.2) is 0 Å². The van der Waals surface area contributed by atoms with Gasteiger partial charge in [-0.15, -0.1) is 12.4 Å². The van der Waals surface area contributed by atoms with Crippen LogP contribution in [0.5, 0.6) is 5.75 Å². The van der Waals surface area contributed by atoms with E-state index in [4.69, 9.17) is 4.74 Å². The first-order valence-corrected chi connectivity index (χ1v) is 9.88. The zero-order valence-electron chi connectivity index (χ0n) is 17.0. The third-order valence-corrected chi connectivity index (χ3v) is 6.05. The minimum Gasteiger partial charge on any atom is -0.497 e. The summed E-state index contributed by atoms with van der Waals surface area (Å²) in [6, 6.07) is 7.52. The lowest BCUT2D eigenvalue weighted by atomic mass is 9.83. The van der Waals surface area contributed by atoms with Crippen molar-refractivity contribution in [3.63, 3.8) is 0 Å². The minimum atomic E-state index is -0.209. The molecule has 0 radical (unpaired) electrons. The van der Waals surface area contributed by atoms with Gasteiger partial charge in [0.05, 0.1) is 19.1 Å². The van der Waals surface area contributed by atoms with Gasteiger partial charge in [-0.1, -0.05) is 12.1 Å². The summed E-state index contributed by atoms with van der Waals surface area (Å²) in [5.41, 5.74) is 0.995. The van der Waals surface area contributed by atoms with Gasteiger partial charge in [0.25, 0.3) is 0 Å². The highest BCUT2D eigenvalue weighted by atomic mass is 35.5. The van der Waals surface area contributed by atoms with E-state index in [0.717, 1.165) is 43.8 Å². The number of benzene rings is 1. The average Bonchev–Trinajstić information content (AvgIpc) is 2.70. The van der Waals surface area contributed by atoms with Crippen molar-refractivity contribution in [3.05, 3.63) is 29.8 Å². The Morgan fingerprint density at radius 1 is 1.18 bits per heavy atom. The predicted molar refractivity (Wildman–Crippen MR) is 112 cm³/mol. The number of rotatable bonds is 5. The number of amides is 2. The second kappa shape index (κ2) is 10.1. The van der Waals surface area contributed by atoms with Crippen LogP contribution in [0.2, 0.25) is 0 Å². The van der Waals surface area contributed by atoms with E-state index in [0.29, 0.717) is 18.8 Å². The van der Waals surface area contributed by atoms with Crippen molar-refractivity contribution in [1.82, 2.24) is 15.1 Å². The molecule has 0 spiro atoms. The van der Waals surface area contributed by atoms with E-state index in [2.05, 4.69) is 5.32 Å². The molecule has 0 aliphatic carbocycles. The Morgan fingerprint density at radius 3 is 2.39 bits per heavy atom. The van der Waals surface area contributed by atoms with Crippen LogP contribution in [-0.2, 0) is 9.59 Å². The molecule has 2 saturated heterocycles. The third kappa shape index (κ3) is 4.78. The third-order valence-electron chi connectivity index (χ3n) is 6.05. The van der Waals surface area contributed by atoms with Crippen molar-refractivity contribution < 1.29 is 14.3 Å². The van der Waals surface area contributed by atoms with Crippen molar-refractivity contribution in [2.75, 3.05) is 40.8 Å². The van der Waals surface area contributed by atoms with E-state index in [1.807, 2.05) is 43.3 Å². The summed E-state index contributed by atoms with van der Waals surface area (Å²) in [5, 5.41) is 3.24. The zero-order valence-corrected chi connectivity index (χ0v) is 17.8. The molecule has 2 amide bonds. The Kier molecular flexibility index (Phi) is 8.13. The molecule has 2 heterocycles.